The van der Waals surface area contributed by atoms with Crippen molar-refractivity contribution in [3.05, 3.63) is 29.8 Å². The summed E-state index contributed by atoms with van der Waals surface area (Å²) in [5.74, 6) is 1.18. The predicted molar refractivity (Wildman–Crippen MR) is 93.8 cm³/mol. The van der Waals surface area contributed by atoms with E-state index in [9.17, 15) is 4.79 Å². The van der Waals surface area contributed by atoms with Gasteiger partial charge in [-0.05, 0) is 70.3 Å². The minimum Gasteiger partial charge on any atom is -0.497 e. The van der Waals surface area contributed by atoms with Gasteiger partial charge in [-0.2, -0.15) is 0 Å². The summed E-state index contributed by atoms with van der Waals surface area (Å²) >= 11 is 0. The van der Waals surface area contributed by atoms with Crippen LogP contribution in [0.25, 0.3) is 0 Å². The zero-order valence-corrected chi connectivity index (χ0v) is 14.8. The summed E-state index contributed by atoms with van der Waals surface area (Å²) in [4.78, 5) is 16.6. The van der Waals surface area contributed by atoms with Gasteiger partial charge in [0, 0.05) is 12.6 Å². The summed E-state index contributed by atoms with van der Waals surface area (Å²) in [7, 11) is 3.73. The van der Waals surface area contributed by atoms with Crippen LogP contribution in [0.3, 0.4) is 0 Å². The first kappa shape index (κ1) is 17.8. The molecule has 23 heavy (non-hydrogen) atoms. The van der Waals surface area contributed by atoms with Crippen LogP contribution in [0.15, 0.2) is 24.3 Å². The first-order chi connectivity index (χ1) is 11.1. The van der Waals surface area contributed by atoms with Gasteiger partial charge in [0.15, 0.2) is 0 Å². The quantitative estimate of drug-likeness (QED) is 0.775. The van der Waals surface area contributed by atoms with Gasteiger partial charge in [-0.3, -0.25) is 9.69 Å². The van der Waals surface area contributed by atoms with Gasteiger partial charge in [0.1, 0.15) is 5.75 Å². The molecule has 0 saturated carbocycles. The Bertz CT molecular complexity index is 487. The fraction of sp³-hybridized carbons (Fsp3) is 0.632. The third-order valence-electron chi connectivity index (χ3n) is 4.69. The Morgan fingerprint density at radius 1 is 1.30 bits per heavy atom. The highest BCUT2D eigenvalue weighted by Crippen LogP contribution is 2.17. The molecule has 0 spiro atoms. The number of likely N-dealkylation sites (tertiary alicyclic amines) is 1. The fourth-order valence-electron chi connectivity index (χ4n) is 3.21. The molecule has 1 aliphatic rings. The molecule has 2 rings (SSSR count). The lowest BCUT2D eigenvalue weighted by atomic mass is 10.0. The lowest BCUT2D eigenvalue weighted by Crippen LogP contribution is -2.46. The van der Waals surface area contributed by atoms with Crippen molar-refractivity contribution in [2.24, 2.45) is 0 Å². The largest absolute Gasteiger partial charge is 0.497 e. The fourth-order valence-corrected chi connectivity index (χ4v) is 3.21. The number of ether oxygens (including phenoxy) is 1. The molecule has 4 heteroatoms. The Morgan fingerprint density at radius 3 is 2.70 bits per heavy atom. The van der Waals surface area contributed by atoms with E-state index in [1.165, 1.54) is 12.0 Å². The zero-order chi connectivity index (χ0) is 16.7. The van der Waals surface area contributed by atoms with E-state index in [4.69, 9.17) is 4.74 Å². The van der Waals surface area contributed by atoms with Crippen molar-refractivity contribution in [1.29, 1.82) is 0 Å². The standard InChI is InChI=1S/C19H30N2O2/c1-16-7-4-5-14-21(16)19(22)15-20(2)13-6-8-17-9-11-18(23-3)12-10-17/h9-12,16H,4-8,13-15H2,1-3H3. The van der Waals surface area contributed by atoms with Gasteiger partial charge in [0.05, 0.1) is 13.7 Å². The molecule has 1 amide bonds. The number of carbonyl (C=O) groups is 1. The highest BCUT2D eigenvalue weighted by atomic mass is 16.5. The summed E-state index contributed by atoms with van der Waals surface area (Å²) in [5.41, 5.74) is 1.31. The van der Waals surface area contributed by atoms with Crippen molar-refractivity contribution >= 4 is 5.91 Å². The molecule has 1 aromatic carbocycles. The van der Waals surface area contributed by atoms with Crippen molar-refractivity contribution in [1.82, 2.24) is 9.80 Å². The number of hydrogen-bond acceptors (Lipinski definition) is 3. The molecule has 1 atom stereocenters. The number of rotatable bonds is 7. The van der Waals surface area contributed by atoms with Crippen molar-refractivity contribution in [2.45, 2.75) is 45.1 Å². The summed E-state index contributed by atoms with van der Waals surface area (Å²) in [6.07, 6.45) is 5.64. The summed E-state index contributed by atoms with van der Waals surface area (Å²) in [6, 6.07) is 8.63. The SMILES string of the molecule is COc1ccc(CCCN(C)CC(=O)N2CCCCC2C)cc1. The van der Waals surface area contributed by atoms with Crippen LogP contribution in [0.1, 0.15) is 38.2 Å². The van der Waals surface area contributed by atoms with Crippen LogP contribution in [0.4, 0.5) is 0 Å². The predicted octanol–water partition coefficient (Wildman–Crippen LogP) is 2.96. The van der Waals surface area contributed by atoms with Gasteiger partial charge in [0.25, 0.3) is 0 Å². The maximum absolute atomic E-state index is 12.4. The molecule has 0 aromatic heterocycles. The van der Waals surface area contributed by atoms with Crippen LogP contribution in [0.2, 0.25) is 0 Å². The van der Waals surface area contributed by atoms with Crippen molar-refractivity contribution < 1.29 is 9.53 Å². The monoisotopic (exact) mass is 318 g/mol. The smallest absolute Gasteiger partial charge is 0.236 e. The second-order valence-electron chi connectivity index (χ2n) is 6.62. The lowest BCUT2D eigenvalue weighted by Gasteiger charge is -2.34. The number of hydrogen-bond donors (Lipinski definition) is 0. The van der Waals surface area contributed by atoms with E-state index in [-0.39, 0.29) is 5.91 Å². The molecular formula is C19H30N2O2. The normalized spacial score (nSPS) is 18.3. The molecular weight excluding hydrogens is 288 g/mol. The van der Waals surface area contributed by atoms with E-state index in [1.54, 1.807) is 7.11 Å². The number of nitrogens with zero attached hydrogens (tertiary/aromatic N) is 2. The summed E-state index contributed by atoms with van der Waals surface area (Å²) in [5, 5.41) is 0. The lowest BCUT2D eigenvalue weighted by molar-refractivity contribution is -0.135. The Kier molecular flexibility index (Phi) is 6.90. The van der Waals surface area contributed by atoms with E-state index in [0.717, 1.165) is 44.5 Å². The molecule has 0 aliphatic carbocycles. The van der Waals surface area contributed by atoms with Gasteiger partial charge in [-0.1, -0.05) is 12.1 Å². The van der Waals surface area contributed by atoms with Gasteiger partial charge in [-0.15, -0.1) is 0 Å². The topological polar surface area (TPSA) is 32.8 Å². The van der Waals surface area contributed by atoms with Crippen LogP contribution in [0.5, 0.6) is 5.75 Å². The molecule has 0 bridgehead atoms. The van der Waals surface area contributed by atoms with E-state index in [1.807, 2.05) is 19.2 Å². The van der Waals surface area contributed by atoms with Gasteiger partial charge >= 0.3 is 0 Å². The molecule has 1 saturated heterocycles. The Hall–Kier alpha value is -1.55. The van der Waals surface area contributed by atoms with Gasteiger partial charge in [-0.25, -0.2) is 0 Å². The highest BCUT2D eigenvalue weighted by Gasteiger charge is 2.23. The van der Waals surface area contributed by atoms with E-state index < -0.39 is 0 Å². The summed E-state index contributed by atoms with van der Waals surface area (Å²) < 4.78 is 5.17. The van der Waals surface area contributed by atoms with Crippen molar-refractivity contribution in [2.75, 3.05) is 33.8 Å². The van der Waals surface area contributed by atoms with Crippen LogP contribution in [-0.4, -0.2) is 55.5 Å². The number of methoxy groups -OCH3 is 1. The molecule has 0 radical (unpaired) electrons. The Morgan fingerprint density at radius 2 is 2.04 bits per heavy atom. The molecule has 128 valence electrons. The first-order valence-corrected chi connectivity index (χ1v) is 8.71. The average Bonchev–Trinajstić information content (AvgIpc) is 2.55. The van der Waals surface area contributed by atoms with Gasteiger partial charge < -0.3 is 9.64 Å². The molecule has 1 fully saturated rings. The highest BCUT2D eigenvalue weighted by molar-refractivity contribution is 5.78. The van der Waals surface area contributed by atoms with Crippen molar-refractivity contribution in [3.8, 4) is 5.75 Å². The third-order valence-corrected chi connectivity index (χ3v) is 4.69. The van der Waals surface area contributed by atoms with E-state index in [0.29, 0.717) is 12.6 Å². The number of benzene rings is 1. The van der Waals surface area contributed by atoms with Crippen LogP contribution >= 0.6 is 0 Å². The minimum absolute atomic E-state index is 0.282. The number of likely N-dealkylation sites (N-methyl/N-ethyl adjacent to an activating group) is 1. The maximum Gasteiger partial charge on any atom is 0.236 e. The second kappa shape index (κ2) is 8.92. The zero-order valence-electron chi connectivity index (χ0n) is 14.8. The molecule has 1 aromatic rings. The average molecular weight is 318 g/mol. The van der Waals surface area contributed by atoms with Crippen LogP contribution in [0, 0.1) is 0 Å². The first-order valence-electron chi connectivity index (χ1n) is 8.71. The molecule has 1 aliphatic heterocycles. The Balaban J connectivity index is 1.69. The Labute approximate surface area is 140 Å². The van der Waals surface area contributed by atoms with Gasteiger partial charge in [0.2, 0.25) is 5.91 Å². The third kappa shape index (κ3) is 5.54. The number of carbonyl (C=O) groups excluding carboxylic acids is 1. The molecule has 1 unspecified atom stereocenters. The summed E-state index contributed by atoms with van der Waals surface area (Å²) in [6.45, 7) is 4.58. The second-order valence-corrected chi connectivity index (χ2v) is 6.62. The number of amides is 1. The molecule has 4 nitrogen and oxygen atoms in total. The van der Waals surface area contributed by atoms with Crippen LogP contribution < -0.4 is 4.74 Å². The molecule has 1 heterocycles. The molecule has 0 N–H and O–H groups in total. The number of piperidine rings is 1. The maximum atomic E-state index is 12.4. The van der Waals surface area contributed by atoms with Crippen molar-refractivity contribution in [3.63, 3.8) is 0 Å². The minimum atomic E-state index is 0.282. The van der Waals surface area contributed by atoms with E-state index in [2.05, 4.69) is 28.9 Å². The van der Waals surface area contributed by atoms with E-state index >= 15 is 0 Å². The van der Waals surface area contributed by atoms with Crippen LogP contribution in [-0.2, 0) is 11.2 Å². The number of aryl methyl sites for hydroxylation is 1.